The molecule has 0 radical (unpaired) electrons. The van der Waals surface area contributed by atoms with Crippen molar-refractivity contribution in [1.82, 2.24) is 8.25 Å². The van der Waals surface area contributed by atoms with E-state index >= 15 is 0 Å². The number of hydrogen-bond acceptors (Lipinski definition) is 8. The summed E-state index contributed by atoms with van der Waals surface area (Å²) in [6.07, 6.45) is 2.96. The minimum absolute atomic E-state index is 0.314. The molecule has 36 heavy (non-hydrogen) atoms. The summed E-state index contributed by atoms with van der Waals surface area (Å²) >= 11 is 0. The molecule has 3 rings (SSSR count). The van der Waals surface area contributed by atoms with Crippen LogP contribution in [0.5, 0.6) is 0 Å². The summed E-state index contributed by atoms with van der Waals surface area (Å²) in [5, 5.41) is 0. The van der Waals surface area contributed by atoms with Crippen LogP contribution in [0.1, 0.15) is 11.1 Å². The van der Waals surface area contributed by atoms with Crippen LogP contribution in [0, 0.1) is 0 Å². The van der Waals surface area contributed by atoms with Gasteiger partial charge in [-0.2, -0.15) is 0 Å². The maximum absolute atomic E-state index is 12.6. The lowest BCUT2D eigenvalue weighted by atomic mass is 10.2. The predicted molar refractivity (Wildman–Crippen MR) is 135 cm³/mol. The Kier molecular flexibility index (Phi) is 7.69. The Morgan fingerprint density at radius 2 is 0.611 bits per heavy atom. The smallest absolute Gasteiger partial charge is 0.206 e. The van der Waals surface area contributed by atoms with E-state index in [1.165, 1.54) is 60.7 Å². The van der Waals surface area contributed by atoms with Crippen molar-refractivity contribution in [2.75, 3.05) is 0 Å². The molecule has 0 atom stereocenters. The van der Waals surface area contributed by atoms with Crippen molar-refractivity contribution in [2.45, 2.75) is 19.6 Å². The normalized spacial score (nSPS) is 12.7. The van der Waals surface area contributed by atoms with Gasteiger partial charge in [-0.25, -0.2) is 33.7 Å². The first kappa shape index (κ1) is 27.4. The van der Waals surface area contributed by atoms with E-state index in [9.17, 15) is 33.7 Å². The molecule has 0 aliphatic carbocycles. The average molecular weight is 569 g/mol. The predicted octanol–water partition coefficient (Wildman–Crippen LogP) is 2.31. The number of nitrogens with one attached hydrogen (secondary N) is 2. The third kappa shape index (κ3) is 6.16. The number of sulfonamides is 4. The Morgan fingerprint density at radius 1 is 0.417 bits per heavy atom. The lowest BCUT2D eigenvalue weighted by molar-refractivity contribution is 0.572. The van der Waals surface area contributed by atoms with Crippen molar-refractivity contribution >= 4 is 52.2 Å². The summed E-state index contributed by atoms with van der Waals surface area (Å²) in [5.74, 6) is 0. The molecule has 3 aromatic carbocycles. The van der Waals surface area contributed by atoms with Gasteiger partial charge in [-0.3, -0.25) is 0 Å². The summed E-state index contributed by atoms with van der Waals surface area (Å²) < 4.78 is 103. The quantitative estimate of drug-likeness (QED) is 0.377. The van der Waals surface area contributed by atoms with E-state index in [4.69, 9.17) is 0 Å². The third-order valence-corrected chi connectivity index (χ3v) is 11.8. The fourth-order valence-corrected chi connectivity index (χ4v) is 8.67. The molecule has 0 saturated heterocycles. The Hall–Kier alpha value is -3.14. The van der Waals surface area contributed by atoms with E-state index in [-0.39, 0.29) is 9.79 Å². The molecule has 2 N–H and O–H groups in total. The average Bonchev–Trinajstić information content (AvgIpc) is 2.83. The summed E-state index contributed by atoms with van der Waals surface area (Å²) in [6, 6.07) is 13.8. The zero-order chi connectivity index (χ0) is 26.8. The third-order valence-electron chi connectivity index (χ3n) is 4.74. The van der Waals surface area contributed by atoms with Gasteiger partial charge in [0, 0.05) is 0 Å². The molecule has 190 valence electrons. The molecule has 0 saturated carbocycles. The van der Waals surface area contributed by atoms with Crippen LogP contribution in [0.15, 0.2) is 106 Å². The van der Waals surface area contributed by atoms with Crippen LogP contribution in [0.4, 0.5) is 0 Å². The van der Waals surface area contributed by atoms with Crippen molar-refractivity contribution in [3.63, 3.8) is 0 Å². The topological polar surface area (TPSA) is 161 Å². The minimum Gasteiger partial charge on any atom is -0.206 e. The van der Waals surface area contributed by atoms with E-state index in [1.54, 1.807) is 8.25 Å². The van der Waals surface area contributed by atoms with Crippen LogP contribution in [-0.2, 0) is 40.1 Å². The van der Waals surface area contributed by atoms with Crippen LogP contribution in [0.3, 0.4) is 0 Å². The standard InChI is InChI=1S/C22H20N2O8S4/c1-3-17-5-9-19(10-6-17)33(25,26)23-35(29,30)21-13-15-22(16-14-21)36(31,32)24-34(27,28)20-11-7-18(4-2)8-12-20/h3-16,23-24H,1-2H2. The maximum Gasteiger partial charge on any atom is 0.253 e. The van der Waals surface area contributed by atoms with Crippen molar-refractivity contribution in [1.29, 1.82) is 0 Å². The van der Waals surface area contributed by atoms with Gasteiger partial charge < -0.3 is 0 Å². The van der Waals surface area contributed by atoms with Crippen LogP contribution in [-0.4, -0.2) is 33.7 Å². The molecule has 0 aromatic heterocycles. The van der Waals surface area contributed by atoms with E-state index in [2.05, 4.69) is 13.2 Å². The summed E-state index contributed by atoms with van der Waals surface area (Å²) in [6.45, 7) is 7.09. The summed E-state index contributed by atoms with van der Waals surface area (Å²) in [4.78, 5) is -1.75. The molecule has 14 heteroatoms. The Balaban J connectivity index is 1.83. The number of benzene rings is 3. The fraction of sp³-hybridized carbons (Fsp3) is 0. The largest absolute Gasteiger partial charge is 0.253 e. The summed E-state index contributed by atoms with van der Waals surface area (Å²) in [5.41, 5.74) is 1.25. The zero-order valence-electron chi connectivity index (χ0n) is 18.4. The molecule has 0 spiro atoms. The monoisotopic (exact) mass is 568 g/mol. The van der Waals surface area contributed by atoms with E-state index in [0.717, 1.165) is 24.3 Å². The first-order valence-electron chi connectivity index (χ1n) is 9.82. The highest BCUT2D eigenvalue weighted by atomic mass is 32.3. The fourth-order valence-electron chi connectivity index (χ4n) is 2.85. The van der Waals surface area contributed by atoms with Crippen LogP contribution in [0.25, 0.3) is 12.2 Å². The lowest BCUT2D eigenvalue weighted by Gasteiger charge is -2.10. The first-order chi connectivity index (χ1) is 16.7. The van der Waals surface area contributed by atoms with Gasteiger partial charge in [-0.15, -0.1) is 8.25 Å². The second kappa shape index (κ2) is 10.1. The van der Waals surface area contributed by atoms with Gasteiger partial charge in [-0.1, -0.05) is 49.6 Å². The van der Waals surface area contributed by atoms with Crippen LogP contribution < -0.4 is 8.25 Å². The number of rotatable bonds is 10. The molecule has 0 bridgehead atoms. The second-order valence-corrected chi connectivity index (χ2v) is 14.4. The summed E-state index contributed by atoms with van der Waals surface area (Å²) in [7, 11) is -18.2. The Morgan fingerprint density at radius 3 is 0.806 bits per heavy atom. The van der Waals surface area contributed by atoms with Gasteiger partial charge >= 0.3 is 0 Å². The number of hydrogen-bond donors (Lipinski definition) is 2. The molecular weight excluding hydrogens is 549 g/mol. The molecule has 0 amide bonds. The van der Waals surface area contributed by atoms with Crippen LogP contribution in [0.2, 0.25) is 0 Å². The van der Waals surface area contributed by atoms with Crippen molar-refractivity contribution in [2.24, 2.45) is 0 Å². The highest BCUT2D eigenvalue weighted by Gasteiger charge is 2.27. The van der Waals surface area contributed by atoms with Gasteiger partial charge in [0.05, 0.1) is 19.6 Å². The van der Waals surface area contributed by atoms with E-state index < -0.39 is 49.9 Å². The van der Waals surface area contributed by atoms with Crippen molar-refractivity contribution in [3.05, 3.63) is 97.1 Å². The minimum atomic E-state index is -4.63. The van der Waals surface area contributed by atoms with Gasteiger partial charge in [0.2, 0.25) is 0 Å². The SMILES string of the molecule is C=Cc1ccc(S(=O)(=O)NS(=O)(=O)c2ccc(S(=O)(=O)NS(=O)(=O)c3ccc(C=C)cc3)cc2)cc1. The molecule has 0 unspecified atom stereocenters. The lowest BCUT2D eigenvalue weighted by Crippen LogP contribution is -2.31. The molecule has 0 fully saturated rings. The highest BCUT2D eigenvalue weighted by molar-refractivity contribution is 8.05. The Bertz CT molecular complexity index is 1590. The molecular formula is C22H20N2O8S4. The molecule has 0 aliphatic heterocycles. The maximum atomic E-state index is 12.6. The van der Waals surface area contributed by atoms with Crippen molar-refractivity contribution < 1.29 is 33.7 Å². The van der Waals surface area contributed by atoms with Gasteiger partial charge in [0.15, 0.2) is 0 Å². The van der Waals surface area contributed by atoms with Crippen molar-refractivity contribution in [3.8, 4) is 0 Å². The Labute approximate surface area is 210 Å². The van der Waals surface area contributed by atoms with E-state index in [0.29, 0.717) is 11.1 Å². The second-order valence-electron chi connectivity index (χ2n) is 7.20. The van der Waals surface area contributed by atoms with E-state index in [1.807, 2.05) is 0 Å². The molecule has 3 aromatic rings. The molecule has 0 heterocycles. The molecule has 0 aliphatic rings. The van der Waals surface area contributed by atoms with Gasteiger partial charge in [-0.05, 0) is 59.7 Å². The molecule has 10 nitrogen and oxygen atoms in total. The zero-order valence-corrected chi connectivity index (χ0v) is 21.7. The van der Waals surface area contributed by atoms with Gasteiger partial charge in [0.25, 0.3) is 40.1 Å². The highest BCUT2D eigenvalue weighted by Crippen LogP contribution is 2.19. The van der Waals surface area contributed by atoms with Crippen LogP contribution >= 0.6 is 0 Å². The van der Waals surface area contributed by atoms with Gasteiger partial charge in [0.1, 0.15) is 0 Å². The first-order valence-corrected chi connectivity index (χ1v) is 15.8.